The zero-order chi connectivity index (χ0) is 19.1. The second kappa shape index (κ2) is 10.9. The SMILES string of the molecule is CCCC[N+](C)(C)Cc1cccc(P(c2ccccc2)c2ccccc2)c1.[Br-]. The summed E-state index contributed by atoms with van der Waals surface area (Å²) in [6, 6.07) is 31.2. The highest BCUT2D eigenvalue weighted by atomic mass is 79.9. The monoisotopic (exact) mass is 455 g/mol. The maximum atomic E-state index is 2.44. The van der Waals surface area contributed by atoms with E-state index in [9.17, 15) is 0 Å². The van der Waals surface area contributed by atoms with Crippen LogP contribution in [0.2, 0.25) is 0 Å². The Morgan fingerprint density at radius 2 is 1.25 bits per heavy atom. The standard InChI is InChI=1S/C25H31NP.BrH/c1-4-5-19-26(2,3)21-22-13-12-18-25(20-22)27(23-14-8-6-9-15-23)24-16-10-7-11-17-24;/h6-18,20H,4-5,19,21H2,1-3H3;1H/q+1;/p-1. The number of unbranched alkanes of at least 4 members (excludes halogenated alkanes) is 1. The average Bonchev–Trinajstić information content (AvgIpc) is 2.68. The van der Waals surface area contributed by atoms with Gasteiger partial charge < -0.3 is 21.5 Å². The number of nitrogens with zero attached hydrogens (tertiary/aromatic N) is 1. The quantitative estimate of drug-likeness (QED) is 0.359. The van der Waals surface area contributed by atoms with Crippen LogP contribution in [0.1, 0.15) is 25.3 Å². The summed E-state index contributed by atoms with van der Waals surface area (Å²) in [5.41, 5.74) is 1.44. The first-order valence-corrected chi connectivity index (χ1v) is 11.2. The Morgan fingerprint density at radius 3 is 1.79 bits per heavy atom. The number of quaternary nitrogens is 1. The first-order valence-electron chi connectivity index (χ1n) is 9.90. The third kappa shape index (κ3) is 6.27. The Labute approximate surface area is 182 Å². The van der Waals surface area contributed by atoms with Gasteiger partial charge in [0.05, 0.1) is 20.6 Å². The van der Waals surface area contributed by atoms with Crippen LogP contribution in [0.25, 0.3) is 0 Å². The van der Waals surface area contributed by atoms with Crippen molar-refractivity contribution in [2.45, 2.75) is 26.3 Å². The highest BCUT2D eigenvalue weighted by Crippen LogP contribution is 2.33. The molecule has 0 bridgehead atoms. The number of benzene rings is 3. The molecule has 3 aromatic rings. The highest BCUT2D eigenvalue weighted by Gasteiger charge is 2.19. The molecular weight excluding hydrogens is 425 g/mol. The van der Waals surface area contributed by atoms with Crippen LogP contribution in [-0.4, -0.2) is 25.1 Å². The molecule has 0 fully saturated rings. The van der Waals surface area contributed by atoms with Gasteiger partial charge in [0.15, 0.2) is 0 Å². The van der Waals surface area contributed by atoms with E-state index >= 15 is 0 Å². The molecule has 0 atom stereocenters. The smallest absolute Gasteiger partial charge is 0.104 e. The van der Waals surface area contributed by atoms with Gasteiger partial charge in [0.2, 0.25) is 0 Å². The topological polar surface area (TPSA) is 0 Å². The molecule has 148 valence electrons. The normalized spacial score (nSPS) is 11.3. The molecule has 0 saturated heterocycles. The van der Waals surface area contributed by atoms with Gasteiger partial charge in [-0.15, -0.1) is 0 Å². The van der Waals surface area contributed by atoms with Crippen molar-refractivity contribution >= 4 is 23.8 Å². The predicted octanol–water partition coefficient (Wildman–Crippen LogP) is 1.83. The number of hydrogen-bond acceptors (Lipinski definition) is 0. The van der Waals surface area contributed by atoms with Gasteiger partial charge in [-0.05, 0) is 36.3 Å². The molecule has 0 amide bonds. The van der Waals surface area contributed by atoms with Crippen molar-refractivity contribution in [1.29, 1.82) is 0 Å². The highest BCUT2D eigenvalue weighted by molar-refractivity contribution is 7.79. The lowest BCUT2D eigenvalue weighted by Crippen LogP contribution is -3.00. The molecule has 3 heteroatoms. The van der Waals surface area contributed by atoms with E-state index in [0.717, 1.165) is 11.0 Å². The summed E-state index contributed by atoms with van der Waals surface area (Å²) in [4.78, 5) is 0. The summed E-state index contributed by atoms with van der Waals surface area (Å²) < 4.78 is 1.05. The van der Waals surface area contributed by atoms with Gasteiger partial charge >= 0.3 is 0 Å². The minimum absolute atomic E-state index is 0. The maximum Gasteiger partial charge on any atom is 0.104 e. The van der Waals surface area contributed by atoms with Crippen LogP contribution in [0.15, 0.2) is 84.9 Å². The van der Waals surface area contributed by atoms with Crippen molar-refractivity contribution in [2.24, 2.45) is 0 Å². The van der Waals surface area contributed by atoms with Crippen LogP contribution in [-0.2, 0) is 6.54 Å². The molecule has 0 spiro atoms. The minimum atomic E-state index is -0.522. The molecule has 1 nitrogen and oxygen atoms in total. The summed E-state index contributed by atoms with van der Waals surface area (Å²) in [6.07, 6.45) is 2.54. The van der Waals surface area contributed by atoms with E-state index in [0.29, 0.717) is 0 Å². The summed E-state index contributed by atoms with van der Waals surface area (Å²) in [5, 5.41) is 4.27. The van der Waals surface area contributed by atoms with Crippen molar-refractivity contribution < 1.29 is 21.5 Å². The molecule has 0 saturated carbocycles. The Morgan fingerprint density at radius 1 is 0.714 bits per heavy atom. The average molecular weight is 456 g/mol. The molecule has 0 aliphatic heterocycles. The third-order valence-electron chi connectivity index (χ3n) is 4.93. The fourth-order valence-electron chi connectivity index (χ4n) is 3.55. The van der Waals surface area contributed by atoms with Crippen LogP contribution < -0.4 is 32.9 Å². The molecule has 0 unspecified atom stereocenters. The van der Waals surface area contributed by atoms with Crippen LogP contribution in [0, 0.1) is 0 Å². The van der Waals surface area contributed by atoms with E-state index in [1.54, 1.807) is 0 Å². The largest absolute Gasteiger partial charge is 1.00 e. The summed E-state index contributed by atoms with van der Waals surface area (Å²) >= 11 is 0. The zero-order valence-electron chi connectivity index (χ0n) is 17.2. The van der Waals surface area contributed by atoms with Crippen LogP contribution in [0.3, 0.4) is 0 Å². The van der Waals surface area contributed by atoms with Gasteiger partial charge in [-0.3, -0.25) is 0 Å². The van der Waals surface area contributed by atoms with Crippen LogP contribution >= 0.6 is 7.92 Å². The second-order valence-electron chi connectivity index (χ2n) is 7.85. The second-order valence-corrected chi connectivity index (χ2v) is 10.1. The lowest BCUT2D eigenvalue weighted by atomic mass is 10.2. The molecule has 0 aromatic heterocycles. The van der Waals surface area contributed by atoms with Gasteiger partial charge in [-0.1, -0.05) is 92.2 Å². The van der Waals surface area contributed by atoms with Crippen molar-refractivity contribution in [1.82, 2.24) is 0 Å². The van der Waals surface area contributed by atoms with Gasteiger partial charge in [0.25, 0.3) is 0 Å². The summed E-state index contributed by atoms with van der Waals surface area (Å²) in [5.74, 6) is 0. The van der Waals surface area contributed by atoms with E-state index < -0.39 is 7.92 Å². The predicted molar refractivity (Wildman–Crippen MR) is 121 cm³/mol. The van der Waals surface area contributed by atoms with Gasteiger partial charge in [0.1, 0.15) is 6.54 Å². The fourth-order valence-corrected chi connectivity index (χ4v) is 5.92. The number of halogens is 1. The molecule has 0 aliphatic rings. The van der Waals surface area contributed by atoms with Crippen molar-refractivity contribution in [3.8, 4) is 0 Å². The van der Waals surface area contributed by atoms with E-state index in [-0.39, 0.29) is 17.0 Å². The van der Waals surface area contributed by atoms with Crippen molar-refractivity contribution in [3.63, 3.8) is 0 Å². The molecule has 3 rings (SSSR count). The van der Waals surface area contributed by atoms with Crippen LogP contribution in [0.4, 0.5) is 0 Å². The number of rotatable bonds is 8. The van der Waals surface area contributed by atoms with E-state index in [4.69, 9.17) is 0 Å². The molecular formula is C25H31BrNP. The van der Waals surface area contributed by atoms with Gasteiger partial charge in [0, 0.05) is 5.56 Å². The first kappa shape index (κ1) is 22.8. The third-order valence-corrected chi connectivity index (χ3v) is 7.35. The number of hydrogen-bond donors (Lipinski definition) is 0. The Balaban J connectivity index is 0.00000280. The Hall–Kier alpha value is -1.47. The van der Waals surface area contributed by atoms with E-state index in [1.165, 1.54) is 40.9 Å². The van der Waals surface area contributed by atoms with Crippen molar-refractivity contribution in [2.75, 3.05) is 20.6 Å². The lowest BCUT2D eigenvalue weighted by Gasteiger charge is -2.30. The minimum Gasteiger partial charge on any atom is -1.00 e. The molecule has 0 radical (unpaired) electrons. The lowest BCUT2D eigenvalue weighted by molar-refractivity contribution is -0.903. The fraction of sp³-hybridized carbons (Fsp3) is 0.280. The Kier molecular flexibility index (Phi) is 8.89. The maximum absolute atomic E-state index is 2.44. The first-order chi connectivity index (χ1) is 13.1. The van der Waals surface area contributed by atoms with Crippen LogP contribution in [0.5, 0.6) is 0 Å². The van der Waals surface area contributed by atoms with Gasteiger partial charge in [-0.2, -0.15) is 0 Å². The zero-order valence-corrected chi connectivity index (χ0v) is 19.7. The molecule has 0 aliphatic carbocycles. The molecule has 3 aromatic carbocycles. The van der Waals surface area contributed by atoms with E-state index in [2.05, 4.69) is 106 Å². The summed E-state index contributed by atoms with van der Waals surface area (Å²) in [7, 11) is 4.17. The molecule has 0 heterocycles. The van der Waals surface area contributed by atoms with Gasteiger partial charge in [-0.25, -0.2) is 0 Å². The molecule has 28 heavy (non-hydrogen) atoms. The Bertz CT molecular complexity index is 794. The molecule has 0 N–H and O–H groups in total. The van der Waals surface area contributed by atoms with E-state index in [1.807, 2.05) is 0 Å². The van der Waals surface area contributed by atoms with Crippen molar-refractivity contribution in [3.05, 3.63) is 90.5 Å². The summed E-state index contributed by atoms with van der Waals surface area (Å²) in [6.45, 7) is 4.58.